The lowest BCUT2D eigenvalue weighted by atomic mass is 10.1. The van der Waals surface area contributed by atoms with Crippen molar-refractivity contribution in [3.8, 4) is 0 Å². The fourth-order valence-electron chi connectivity index (χ4n) is 1.52. The first-order chi connectivity index (χ1) is 7.13. The second-order valence-corrected chi connectivity index (χ2v) is 4.62. The molecule has 2 heteroatoms. The molecule has 0 aliphatic rings. The zero-order chi connectivity index (χ0) is 11.3. The quantitative estimate of drug-likeness (QED) is 0.804. The SMILES string of the molecule is CCCc1ccc(Cl)c(CNC(C)C)c1. The minimum Gasteiger partial charge on any atom is -0.310 e. The van der Waals surface area contributed by atoms with E-state index in [0.717, 1.165) is 18.0 Å². The maximum atomic E-state index is 6.14. The second kappa shape index (κ2) is 6.14. The van der Waals surface area contributed by atoms with E-state index in [1.165, 1.54) is 17.5 Å². The molecule has 0 fully saturated rings. The van der Waals surface area contributed by atoms with E-state index in [-0.39, 0.29) is 0 Å². The molecule has 0 aliphatic carbocycles. The van der Waals surface area contributed by atoms with Crippen molar-refractivity contribution in [2.75, 3.05) is 0 Å². The third kappa shape index (κ3) is 4.23. The molecular weight excluding hydrogens is 206 g/mol. The van der Waals surface area contributed by atoms with Gasteiger partial charge in [0.05, 0.1) is 0 Å². The van der Waals surface area contributed by atoms with Gasteiger partial charge in [0, 0.05) is 17.6 Å². The molecule has 1 aromatic carbocycles. The standard InChI is InChI=1S/C13H20ClN/c1-4-5-11-6-7-13(14)12(8-11)9-15-10(2)3/h6-8,10,15H,4-5,9H2,1-3H3. The van der Waals surface area contributed by atoms with Crippen LogP contribution in [-0.4, -0.2) is 6.04 Å². The zero-order valence-electron chi connectivity index (χ0n) is 9.81. The van der Waals surface area contributed by atoms with Crippen LogP contribution in [0.5, 0.6) is 0 Å². The number of nitrogens with one attached hydrogen (secondary N) is 1. The first kappa shape index (κ1) is 12.5. The Bertz CT molecular complexity index is 307. The Hall–Kier alpha value is -0.530. The van der Waals surface area contributed by atoms with E-state index in [4.69, 9.17) is 11.6 Å². The number of rotatable bonds is 5. The Morgan fingerprint density at radius 2 is 2.07 bits per heavy atom. The van der Waals surface area contributed by atoms with E-state index in [0.29, 0.717) is 6.04 Å². The van der Waals surface area contributed by atoms with Crippen molar-refractivity contribution >= 4 is 11.6 Å². The van der Waals surface area contributed by atoms with E-state index in [2.05, 4.69) is 38.2 Å². The normalized spacial score (nSPS) is 11.0. The van der Waals surface area contributed by atoms with Crippen molar-refractivity contribution in [1.29, 1.82) is 0 Å². The first-order valence-corrected chi connectivity index (χ1v) is 6.02. The first-order valence-electron chi connectivity index (χ1n) is 5.64. The zero-order valence-corrected chi connectivity index (χ0v) is 10.6. The third-order valence-corrected chi connectivity index (χ3v) is 2.72. The topological polar surface area (TPSA) is 12.0 Å². The van der Waals surface area contributed by atoms with E-state index < -0.39 is 0 Å². The summed E-state index contributed by atoms with van der Waals surface area (Å²) in [6, 6.07) is 6.83. The Morgan fingerprint density at radius 1 is 1.33 bits per heavy atom. The Balaban J connectivity index is 2.71. The summed E-state index contributed by atoms with van der Waals surface area (Å²) in [5.41, 5.74) is 2.58. The highest BCUT2D eigenvalue weighted by molar-refractivity contribution is 6.31. The number of aryl methyl sites for hydroxylation is 1. The van der Waals surface area contributed by atoms with Crippen LogP contribution in [0.3, 0.4) is 0 Å². The van der Waals surface area contributed by atoms with Crippen molar-refractivity contribution in [3.05, 3.63) is 34.3 Å². The van der Waals surface area contributed by atoms with Gasteiger partial charge in [-0.15, -0.1) is 0 Å². The number of halogens is 1. The van der Waals surface area contributed by atoms with Crippen LogP contribution in [0, 0.1) is 0 Å². The maximum Gasteiger partial charge on any atom is 0.0451 e. The third-order valence-electron chi connectivity index (χ3n) is 2.35. The fourth-order valence-corrected chi connectivity index (χ4v) is 1.71. The molecule has 0 aromatic heterocycles. The van der Waals surface area contributed by atoms with Gasteiger partial charge in [0.15, 0.2) is 0 Å². The molecule has 0 saturated carbocycles. The van der Waals surface area contributed by atoms with Crippen LogP contribution in [-0.2, 0) is 13.0 Å². The van der Waals surface area contributed by atoms with Crippen molar-refractivity contribution in [1.82, 2.24) is 5.32 Å². The Kier molecular flexibility index (Phi) is 5.13. The molecule has 15 heavy (non-hydrogen) atoms. The second-order valence-electron chi connectivity index (χ2n) is 4.21. The van der Waals surface area contributed by atoms with Crippen molar-refractivity contribution in [3.63, 3.8) is 0 Å². The van der Waals surface area contributed by atoms with Gasteiger partial charge in [0.1, 0.15) is 0 Å². The summed E-state index contributed by atoms with van der Waals surface area (Å²) in [5, 5.41) is 4.25. The highest BCUT2D eigenvalue weighted by atomic mass is 35.5. The summed E-state index contributed by atoms with van der Waals surface area (Å²) in [6.07, 6.45) is 2.31. The average molecular weight is 226 g/mol. The lowest BCUT2D eigenvalue weighted by Crippen LogP contribution is -2.22. The molecule has 0 bridgehead atoms. The Labute approximate surface area is 97.8 Å². The van der Waals surface area contributed by atoms with Crippen LogP contribution in [0.25, 0.3) is 0 Å². The minimum absolute atomic E-state index is 0.496. The highest BCUT2D eigenvalue weighted by Crippen LogP contribution is 2.18. The molecule has 0 spiro atoms. The monoisotopic (exact) mass is 225 g/mol. The van der Waals surface area contributed by atoms with Gasteiger partial charge >= 0.3 is 0 Å². The van der Waals surface area contributed by atoms with Crippen LogP contribution in [0.1, 0.15) is 38.3 Å². The predicted octanol–water partition coefficient (Wildman–Crippen LogP) is 3.79. The molecule has 84 valence electrons. The van der Waals surface area contributed by atoms with Gasteiger partial charge in [-0.25, -0.2) is 0 Å². The lowest BCUT2D eigenvalue weighted by Gasteiger charge is -2.11. The van der Waals surface area contributed by atoms with Crippen molar-refractivity contribution in [2.45, 2.75) is 46.2 Å². The smallest absolute Gasteiger partial charge is 0.0451 e. The summed E-state index contributed by atoms with van der Waals surface area (Å²) in [4.78, 5) is 0. The molecule has 1 nitrogen and oxygen atoms in total. The molecule has 0 heterocycles. The summed E-state index contributed by atoms with van der Waals surface area (Å²) in [6.45, 7) is 7.34. The van der Waals surface area contributed by atoms with Crippen LogP contribution in [0.15, 0.2) is 18.2 Å². The van der Waals surface area contributed by atoms with E-state index in [1.54, 1.807) is 0 Å². The van der Waals surface area contributed by atoms with E-state index in [1.807, 2.05) is 6.07 Å². The van der Waals surface area contributed by atoms with Gasteiger partial charge in [-0.1, -0.05) is 50.9 Å². The van der Waals surface area contributed by atoms with Gasteiger partial charge in [0.25, 0.3) is 0 Å². The van der Waals surface area contributed by atoms with Gasteiger partial charge in [-0.3, -0.25) is 0 Å². The van der Waals surface area contributed by atoms with Gasteiger partial charge < -0.3 is 5.32 Å². The lowest BCUT2D eigenvalue weighted by molar-refractivity contribution is 0.588. The number of benzene rings is 1. The average Bonchev–Trinajstić information content (AvgIpc) is 2.19. The van der Waals surface area contributed by atoms with Crippen LogP contribution in [0.4, 0.5) is 0 Å². The summed E-state index contributed by atoms with van der Waals surface area (Å²) < 4.78 is 0. The summed E-state index contributed by atoms with van der Waals surface area (Å²) in [5.74, 6) is 0. The molecular formula is C13H20ClN. The van der Waals surface area contributed by atoms with Crippen LogP contribution in [0.2, 0.25) is 5.02 Å². The van der Waals surface area contributed by atoms with Crippen LogP contribution < -0.4 is 5.32 Å². The number of hydrogen-bond donors (Lipinski definition) is 1. The molecule has 0 unspecified atom stereocenters. The molecule has 0 saturated heterocycles. The molecule has 1 rings (SSSR count). The van der Waals surface area contributed by atoms with Crippen LogP contribution >= 0.6 is 11.6 Å². The fraction of sp³-hybridized carbons (Fsp3) is 0.538. The maximum absolute atomic E-state index is 6.14. The molecule has 1 N–H and O–H groups in total. The Morgan fingerprint density at radius 3 is 2.67 bits per heavy atom. The van der Waals surface area contributed by atoms with Gasteiger partial charge in [0.2, 0.25) is 0 Å². The van der Waals surface area contributed by atoms with Gasteiger partial charge in [-0.2, -0.15) is 0 Å². The minimum atomic E-state index is 0.496. The molecule has 0 amide bonds. The van der Waals surface area contributed by atoms with E-state index >= 15 is 0 Å². The van der Waals surface area contributed by atoms with E-state index in [9.17, 15) is 0 Å². The molecule has 1 aromatic rings. The highest BCUT2D eigenvalue weighted by Gasteiger charge is 2.02. The predicted molar refractivity (Wildman–Crippen MR) is 67.4 cm³/mol. The van der Waals surface area contributed by atoms with Gasteiger partial charge in [-0.05, 0) is 23.6 Å². The molecule has 0 atom stereocenters. The molecule has 0 radical (unpaired) electrons. The molecule has 0 aliphatic heterocycles. The summed E-state index contributed by atoms with van der Waals surface area (Å²) >= 11 is 6.14. The van der Waals surface area contributed by atoms with Crippen molar-refractivity contribution in [2.24, 2.45) is 0 Å². The summed E-state index contributed by atoms with van der Waals surface area (Å²) in [7, 11) is 0. The number of hydrogen-bond acceptors (Lipinski definition) is 1. The largest absolute Gasteiger partial charge is 0.310 e. The van der Waals surface area contributed by atoms with Crippen molar-refractivity contribution < 1.29 is 0 Å².